The van der Waals surface area contributed by atoms with E-state index in [4.69, 9.17) is 0 Å². The summed E-state index contributed by atoms with van der Waals surface area (Å²) in [7, 11) is 0. The van der Waals surface area contributed by atoms with Gasteiger partial charge in [-0.15, -0.1) is 0 Å². The molecule has 19 heavy (non-hydrogen) atoms. The van der Waals surface area contributed by atoms with Crippen LogP contribution in [0.2, 0.25) is 0 Å². The van der Waals surface area contributed by atoms with Crippen molar-refractivity contribution >= 4 is 37.7 Å². The smallest absolute Gasteiger partial charge is 0.143 e. The van der Waals surface area contributed by atoms with Crippen LogP contribution in [-0.4, -0.2) is 11.0 Å². The van der Waals surface area contributed by atoms with Crippen LogP contribution in [0.1, 0.15) is 18.4 Å². The van der Waals surface area contributed by atoms with Gasteiger partial charge in [0.05, 0.1) is 4.47 Å². The van der Waals surface area contributed by atoms with Gasteiger partial charge in [0.15, 0.2) is 0 Å². The third kappa shape index (κ3) is 3.18. The lowest BCUT2D eigenvalue weighted by atomic mass is 10.2. The van der Waals surface area contributed by atoms with Gasteiger partial charge in [0.2, 0.25) is 0 Å². The van der Waals surface area contributed by atoms with Crippen LogP contribution in [0.4, 0.5) is 5.82 Å². The van der Waals surface area contributed by atoms with Gasteiger partial charge in [0, 0.05) is 23.3 Å². The SMILES string of the molecule is Brc1cnc(N(Cc2ccccc2)C2CC2)c(Br)c1. The maximum Gasteiger partial charge on any atom is 0.143 e. The Balaban J connectivity index is 1.89. The van der Waals surface area contributed by atoms with Crippen LogP contribution in [-0.2, 0) is 6.54 Å². The van der Waals surface area contributed by atoms with E-state index < -0.39 is 0 Å². The van der Waals surface area contributed by atoms with Crippen molar-refractivity contribution in [3.63, 3.8) is 0 Å². The minimum atomic E-state index is 0.630. The summed E-state index contributed by atoms with van der Waals surface area (Å²) in [6.07, 6.45) is 4.38. The highest BCUT2D eigenvalue weighted by Crippen LogP contribution is 2.36. The highest BCUT2D eigenvalue weighted by Gasteiger charge is 2.31. The first-order chi connectivity index (χ1) is 9.24. The maximum absolute atomic E-state index is 4.57. The second-order valence-corrected chi connectivity index (χ2v) is 6.57. The average Bonchev–Trinajstić information content (AvgIpc) is 3.22. The summed E-state index contributed by atoms with van der Waals surface area (Å²) < 4.78 is 2.04. The Labute approximate surface area is 130 Å². The van der Waals surface area contributed by atoms with E-state index in [1.165, 1.54) is 18.4 Å². The molecule has 3 rings (SSSR count). The molecule has 1 aromatic heterocycles. The third-order valence-corrected chi connectivity index (χ3v) is 4.26. The Morgan fingerprint density at radius 2 is 1.89 bits per heavy atom. The fourth-order valence-corrected chi connectivity index (χ4v) is 3.38. The van der Waals surface area contributed by atoms with E-state index in [0.717, 1.165) is 21.3 Å². The predicted molar refractivity (Wildman–Crippen MR) is 85.3 cm³/mol. The van der Waals surface area contributed by atoms with Gasteiger partial charge in [-0.25, -0.2) is 4.98 Å². The molecule has 0 saturated heterocycles. The summed E-state index contributed by atoms with van der Waals surface area (Å²) in [5, 5.41) is 0. The van der Waals surface area contributed by atoms with Gasteiger partial charge in [0.1, 0.15) is 5.82 Å². The van der Waals surface area contributed by atoms with E-state index in [2.05, 4.69) is 78.1 Å². The highest BCUT2D eigenvalue weighted by molar-refractivity contribution is 9.11. The first-order valence-corrected chi connectivity index (χ1v) is 7.94. The summed E-state index contributed by atoms with van der Waals surface area (Å²) in [6, 6.07) is 13.3. The highest BCUT2D eigenvalue weighted by atomic mass is 79.9. The van der Waals surface area contributed by atoms with Gasteiger partial charge in [-0.2, -0.15) is 0 Å². The zero-order valence-corrected chi connectivity index (χ0v) is 13.6. The molecule has 0 radical (unpaired) electrons. The first-order valence-electron chi connectivity index (χ1n) is 6.35. The number of hydrogen-bond donors (Lipinski definition) is 0. The molecule has 0 N–H and O–H groups in total. The van der Waals surface area contributed by atoms with Crippen molar-refractivity contribution in [1.29, 1.82) is 0 Å². The number of rotatable bonds is 4. The van der Waals surface area contributed by atoms with Gasteiger partial charge in [-0.3, -0.25) is 0 Å². The molecule has 1 fully saturated rings. The fourth-order valence-electron chi connectivity index (χ4n) is 2.16. The molecule has 1 aromatic carbocycles. The van der Waals surface area contributed by atoms with E-state index in [0.29, 0.717) is 6.04 Å². The summed E-state index contributed by atoms with van der Waals surface area (Å²) in [5.74, 6) is 1.04. The van der Waals surface area contributed by atoms with Gasteiger partial charge in [0.25, 0.3) is 0 Å². The molecule has 98 valence electrons. The summed E-state index contributed by atoms with van der Waals surface area (Å²) in [6.45, 7) is 0.915. The number of halogens is 2. The van der Waals surface area contributed by atoms with Crippen molar-refractivity contribution in [2.24, 2.45) is 0 Å². The van der Waals surface area contributed by atoms with Crippen LogP contribution in [0.15, 0.2) is 51.5 Å². The minimum absolute atomic E-state index is 0.630. The van der Waals surface area contributed by atoms with Crippen LogP contribution in [0.5, 0.6) is 0 Å². The van der Waals surface area contributed by atoms with Gasteiger partial charge in [-0.1, -0.05) is 30.3 Å². The molecule has 2 nitrogen and oxygen atoms in total. The van der Waals surface area contributed by atoms with Crippen molar-refractivity contribution in [2.75, 3.05) is 4.90 Å². The average molecular weight is 382 g/mol. The molecule has 1 aliphatic rings. The zero-order chi connectivity index (χ0) is 13.2. The number of pyridine rings is 1. The Morgan fingerprint density at radius 3 is 2.53 bits per heavy atom. The van der Waals surface area contributed by atoms with Gasteiger partial charge in [-0.05, 0) is 56.3 Å². The fraction of sp³-hybridized carbons (Fsp3) is 0.267. The number of aromatic nitrogens is 1. The molecule has 0 spiro atoms. The summed E-state index contributed by atoms with van der Waals surface area (Å²) in [4.78, 5) is 6.96. The Morgan fingerprint density at radius 1 is 1.16 bits per heavy atom. The molecule has 0 unspecified atom stereocenters. The minimum Gasteiger partial charge on any atom is -0.348 e. The zero-order valence-electron chi connectivity index (χ0n) is 10.4. The molecule has 4 heteroatoms. The third-order valence-electron chi connectivity index (χ3n) is 3.24. The van der Waals surface area contributed by atoms with E-state index >= 15 is 0 Å². The van der Waals surface area contributed by atoms with E-state index in [1.807, 2.05) is 6.20 Å². The second-order valence-electron chi connectivity index (χ2n) is 4.80. The monoisotopic (exact) mass is 380 g/mol. The van der Waals surface area contributed by atoms with Crippen LogP contribution < -0.4 is 4.90 Å². The second kappa shape index (κ2) is 5.63. The summed E-state index contributed by atoms with van der Waals surface area (Å²) >= 11 is 7.08. The molecule has 1 heterocycles. The topological polar surface area (TPSA) is 16.1 Å². The normalized spacial score (nSPS) is 14.4. The van der Waals surface area contributed by atoms with E-state index in [-0.39, 0.29) is 0 Å². The van der Waals surface area contributed by atoms with Crippen molar-refractivity contribution in [3.8, 4) is 0 Å². The Hall–Kier alpha value is -0.870. The quantitative estimate of drug-likeness (QED) is 0.757. The first kappa shape index (κ1) is 13.1. The van der Waals surface area contributed by atoms with Gasteiger partial charge < -0.3 is 4.90 Å². The molecule has 1 aliphatic carbocycles. The number of anilines is 1. The Bertz CT molecular complexity index is 568. The van der Waals surface area contributed by atoms with Crippen molar-refractivity contribution in [3.05, 3.63) is 57.1 Å². The van der Waals surface area contributed by atoms with Crippen molar-refractivity contribution < 1.29 is 0 Å². The lowest BCUT2D eigenvalue weighted by Crippen LogP contribution is -2.26. The number of benzene rings is 1. The lowest BCUT2D eigenvalue weighted by Gasteiger charge is -2.24. The number of nitrogens with zero attached hydrogens (tertiary/aromatic N) is 2. The van der Waals surface area contributed by atoms with Crippen LogP contribution >= 0.6 is 31.9 Å². The van der Waals surface area contributed by atoms with Crippen molar-refractivity contribution in [2.45, 2.75) is 25.4 Å². The maximum atomic E-state index is 4.57. The molecule has 2 aromatic rings. The standard InChI is InChI=1S/C15H14Br2N2/c16-12-8-14(17)15(18-9-12)19(13-6-7-13)10-11-4-2-1-3-5-11/h1-5,8-9,13H,6-7,10H2. The van der Waals surface area contributed by atoms with Crippen LogP contribution in [0, 0.1) is 0 Å². The predicted octanol–water partition coefficient (Wildman–Crippen LogP) is 4.78. The largest absolute Gasteiger partial charge is 0.348 e. The molecule has 0 amide bonds. The molecule has 0 atom stereocenters. The Kier molecular flexibility index (Phi) is 3.89. The van der Waals surface area contributed by atoms with Crippen LogP contribution in [0.3, 0.4) is 0 Å². The molecular weight excluding hydrogens is 368 g/mol. The molecule has 1 saturated carbocycles. The van der Waals surface area contributed by atoms with E-state index in [9.17, 15) is 0 Å². The lowest BCUT2D eigenvalue weighted by molar-refractivity contribution is 0.775. The molecule has 0 aliphatic heterocycles. The molecular formula is C15H14Br2N2. The van der Waals surface area contributed by atoms with Crippen LogP contribution in [0.25, 0.3) is 0 Å². The van der Waals surface area contributed by atoms with Gasteiger partial charge >= 0.3 is 0 Å². The van der Waals surface area contributed by atoms with E-state index in [1.54, 1.807) is 0 Å². The summed E-state index contributed by atoms with van der Waals surface area (Å²) in [5.41, 5.74) is 1.33. The number of hydrogen-bond acceptors (Lipinski definition) is 2. The molecule has 0 bridgehead atoms. The van der Waals surface area contributed by atoms with Crippen molar-refractivity contribution in [1.82, 2.24) is 4.98 Å².